The summed E-state index contributed by atoms with van der Waals surface area (Å²) in [7, 11) is 0. The molecule has 0 amide bonds. The Kier molecular flexibility index (Phi) is 4.16. The second-order valence-corrected chi connectivity index (χ2v) is 6.78. The predicted molar refractivity (Wildman–Crippen MR) is 88.3 cm³/mol. The standard InChI is InChI=1S/C14H19N7O2S/c1-5-9-8(2)13(3,19-20-15)14(22,23-9)10-6-16-11-12(24-4)17-7-18-21(10)11/h6-9,22H,5H2,1-4H3/t8-,9-,13-,14?/m1/s1. The van der Waals surface area contributed by atoms with Gasteiger partial charge in [-0.1, -0.05) is 19.0 Å². The highest BCUT2D eigenvalue weighted by Crippen LogP contribution is 2.51. The molecule has 128 valence electrons. The fourth-order valence-electron chi connectivity index (χ4n) is 3.29. The molecule has 1 aliphatic heterocycles. The molecule has 0 spiro atoms. The van der Waals surface area contributed by atoms with Crippen molar-refractivity contribution in [3.05, 3.63) is 28.7 Å². The Bertz CT molecular complexity index is 821. The first-order valence-corrected chi connectivity index (χ1v) is 8.85. The van der Waals surface area contributed by atoms with E-state index in [9.17, 15) is 5.11 Å². The van der Waals surface area contributed by atoms with Crippen molar-refractivity contribution in [1.29, 1.82) is 0 Å². The zero-order valence-corrected chi connectivity index (χ0v) is 14.7. The fraction of sp³-hybridized carbons (Fsp3) is 0.643. The van der Waals surface area contributed by atoms with Gasteiger partial charge in [-0.2, -0.15) is 5.10 Å². The van der Waals surface area contributed by atoms with Gasteiger partial charge in [0, 0.05) is 4.91 Å². The Morgan fingerprint density at radius 3 is 2.92 bits per heavy atom. The molecule has 3 heterocycles. The van der Waals surface area contributed by atoms with Crippen LogP contribution in [0.5, 0.6) is 0 Å². The van der Waals surface area contributed by atoms with Crippen molar-refractivity contribution in [3.63, 3.8) is 0 Å². The quantitative estimate of drug-likeness (QED) is 0.392. The molecule has 9 nitrogen and oxygen atoms in total. The molecule has 1 unspecified atom stereocenters. The third-order valence-corrected chi connectivity index (χ3v) is 5.59. The number of hydrogen-bond donors (Lipinski definition) is 1. The minimum atomic E-state index is -1.83. The molecule has 0 aliphatic carbocycles. The summed E-state index contributed by atoms with van der Waals surface area (Å²) >= 11 is 1.43. The van der Waals surface area contributed by atoms with Gasteiger partial charge in [0.25, 0.3) is 0 Å². The van der Waals surface area contributed by atoms with Crippen molar-refractivity contribution in [1.82, 2.24) is 19.6 Å². The molecule has 0 saturated carbocycles. The molecule has 1 fully saturated rings. The van der Waals surface area contributed by atoms with Gasteiger partial charge in [-0.15, -0.1) is 11.8 Å². The largest absolute Gasteiger partial charge is 0.360 e. The molecule has 24 heavy (non-hydrogen) atoms. The summed E-state index contributed by atoms with van der Waals surface area (Å²) in [5.41, 5.74) is 8.69. The monoisotopic (exact) mass is 349 g/mol. The van der Waals surface area contributed by atoms with Crippen LogP contribution < -0.4 is 0 Å². The predicted octanol–water partition coefficient (Wildman–Crippen LogP) is 2.51. The van der Waals surface area contributed by atoms with Crippen LogP contribution in [-0.2, 0) is 10.5 Å². The summed E-state index contributed by atoms with van der Waals surface area (Å²) in [6.45, 7) is 5.57. The highest BCUT2D eigenvalue weighted by atomic mass is 32.2. The van der Waals surface area contributed by atoms with Crippen molar-refractivity contribution in [2.24, 2.45) is 11.0 Å². The Balaban J connectivity index is 2.25. The van der Waals surface area contributed by atoms with E-state index in [1.165, 1.54) is 28.8 Å². The van der Waals surface area contributed by atoms with Gasteiger partial charge in [0.05, 0.1) is 12.3 Å². The van der Waals surface area contributed by atoms with Gasteiger partial charge in [0.2, 0.25) is 5.79 Å². The molecule has 2 aromatic rings. The van der Waals surface area contributed by atoms with Crippen molar-refractivity contribution in [2.45, 2.75) is 49.6 Å². The molecule has 10 heteroatoms. The van der Waals surface area contributed by atoms with Crippen LogP contribution >= 0.6 is 11.8 Å². The lowest BCUT2D eigenvalue weighted by Crippen LogP contribution is -2.48. The topological polar surface area (TPSA) is 121 Å². The van der Waals surface area contributed by atoms with Crippen molar-refractivity contribution >= 4 is 17.4 Å². The molecule has 1 aliphatic rings. The second-order valence-electron chi connectivity index (χ2n) is 5.98. The van der Waals surface area contributed by atoms with E-state index in [4.69, 9.17) is 10.3 Å². The zero-order chi connectivity index (χ0) is 17.5. The number of aromatic nitrogens is 4. The number of aliphatic hydroxyl groups is 1. The summed E-state index contributed by atoms with van der Waals surface area (Å²) in [6.07, 6.45) is 5.21. The van der Waals surface area contributed by atoms with Crippen molar-refractivity contribution < 1.29 is 9.84 Å². The summed E-state index contributed by atoms with van der Waals surface area (Å²) < 4.78 is 7.46. The normalized spacial score (nSPS) is 32.9. The third kappa shape index (κ3) is 2.11. The molecular weight excluding hydrogens is 330 g/mol. The average Bonchev–Trinajstić information content (AvgIpc) is 3.10. The van der Waals surface area contributed by atoms with Crippen LogP contribution in [0.2, 0.25) is 0 Å². The summed E-state index contributed by atoms with van der Waals surface area (Å²) in [5.74, 6) is -2.02. The maximum atomic E-state index is 11.4. The van der Waals surface area contributed by atoms with Gasteiger partial charge in [-0.3, -0.25) is 0 Å². The smallest absolute Gasteiger partial charge is 0.223 e. The number of hydrogen-bond acceptors (Lipinski definition) is 7. The zero-order valence-electron chi connectivity index (χ0n) is 13.9. The maximum absolute atomic E-state index is 11.4. The Labute approximate surface area is 143 Å². The lowest BCUT2D eigenvalue weighted by Gasteiger charge is -2.35. The molecular formula is C14H19N7O2S. The highest BCUT2D eigenvalue weighted by Gasteiger charge is 2.62. The minimum absolute atomic E-state index is 0.184. The molecule has 0 aromatic carbocycles. The maximum Gasteiger partial charge on any atom is 0.223 e. The van der Waals surface area contributed by atoms with Gasteiger partial charge in [-0.05, 0) is 31.0 Å². The molecule has 1 saturated heterocycles. The van der Waals surface area contributed by atoms with Crippen LogP contribution in [0, 0.1) is 5.92 Å². The minimum Gasteiger partial charge on any atom is -0.360 e. The summed E-state index contributed by atoms with van der Waals surface area (Å²) in [6, 6.07) is 0. The Morgan fingerprint density at radius 1 is 1.54 bits per heavy atom. The molecule has 1 N–H and O–H groups in total. The van der Waals surface area contributed by atoms with E-state index in [2.05, 4.69) is 25.1 Å². The number of ether oxygens (including phenoxy) is 1. The first kappa shape index (κ1) is 17.0. The lowest BCUT2D eigenvalue weighted by atomic mass is 9.79. The van der Waals surface area contributed by atoms with Crippen LogP contribution in [0.25, 0.3) is 16.1 Å². The molecule has 2 aromatic heterocycles. The molecule has 3 rings (SSSR count). The Morgan fingerprint density at radius 2 is 2.29 bits per heavy atom. The highest BCUT2D eigenvalue weighted by molar-refractivity contribution is 7.98. The average molecular weight is 349 g/mol. The molecule has 0 radical (unpaired) electrons. The molecule has 4 atom stereocenters. The summed E-state index contributed by atoms with van der Waals surface area (Å²) in [4.78, 5) is 11.4. The van der Waals surface area contributed by atoms with Gasteiger partial charge < -0.3 is 9.84 Å². The first-order valence-electron chi connectivity index (χ1n) is 7.62. The fourth-order valence-corrected chi connectivity index (χ4v) is 3.76. The first-order chi connectivity index (χ1) is 11.4. The van der Waals surface area contributed by atoms with Crippen LogP contribution in [0.1, 0.15) is 32.9 Å². The van der Waals surface area contributed by atoms with Crippen LogP contribution in [0.3, 0.4) is 0 Å². The van der Waals surface area contributed by atoms with E-state index in [-0.39, 0.29) is 12.0 Å². The van der Waals surface area contributed by atoms with Gasteiger partial charge >= 0.3 is 0 Å². The van der Waals surface area contributed by atoms with Crippen molar-refractivity contribution in [2.75, 3.05) is 6.26 Å². The number of rotatable bonds is 4. The van der Waals surface area contributed by atoms with Crippen molar-refractivity contribution in [3.8, 4) is 0 Å². The van der Waals surface area contributed by atoms with Crippen LogP contribution in [0.15, 0.2) is 22.7 Å². The molecule has 0 bridgehead atoms. The van der Waals surface area contributed by atoms with Crippen LogP contribution in [-0.4, -0.2) is 42.6 Å². The second kappa shape index (κ2) is 5.89. The lowest BCUT2D eigenvalue weighted by molar-refractivity contribution is -0.228. The number of imidazole rings is 1. The van der Waals surface area contributed by atoms with E-state index in [1.807, 2.05) is 20.1 Å². The third-order valence-electron chi connectivity index (χ3n) is 4.92. The number of fused-ring (bicyclic) bond motifs is 1. The SMILES string of the molecule is CC[C@H]1OC(O)(c2cnc3c(SC)ncnn23)[C@](C)(N=[N+]=[N-])[C@@H]1C. The summed E-state index contributed by atoms with van der Waals surface area (Å²) in [5, 5.41) is 20.2. The van der Waals surface area contributed by atoms with Crippen LogP contribution in [0.4, 0.5) is 0 Å². The van der Waals surface area contributed by atoms with E-state index >= 15 is 0 Å². The van der Waals surface area contributed by atoms with Gasteiger partial charge in [-0.25, -0.2) is 14.5 Å². The van der Waals surface area contributed by atoms with Gasteiger partial charge in [0.1, 0.15) is 22.6 Å². The number of nitrogens with zero attached hydrogens (tertiary/aromatic N) is 7. The van der Waals surface area contributed by atoms with E-state index in [1.54, 1.807) is 6.92 Å². The van der Waals surface area contributed by atoms with E-state index < -0.39 is 11.3 Å². The van der Waals surface area contributed by atoms with Gasteiger partial charge in [0.15, 0.2) is 5.65 Å². The number of thioether (sulfide) groups is 1. The van der Waals surface area contributed by atoms with E-state index in [0.29, 0.717) is 22.8 Å². The Hall–Kier alpha value is -1.87. The van der Waals surface area contributed by atoms with E-state index in [0.717, 1.165) is 0 Å². The number of azide groups is 1.